The average molecular weight is 256 g/mol. The molecule has 0 radical (unpaired) electrons. The van der Waals surface area contributed by atoms with E-state index in [0.29, 0.717) is 18.8 Å². The molecule has 1 saturated carbocycles. The minimum atomic E-state index is -0.800. The van der Waals surface area contributed by atoms with E-state index in [1.54, 1.807) is 11.9 Å². The van der Waals surface area contributed by atoms with E-state index in [9.17, 15) is 10.1 Å². The van der Waals surface area contributed by atoms with Crippen LogP contribution >= 0.6 is 0 Å². The molecule has 1 fully saturated rings. The molecule has 0 N–H and O–H groups in total. The summed E-state index contributed by atoms with van der Waals surface area (Å²) in [5.41, 5.74) is 2.33. The molecule has 2 rings (SSSR count). The number of rotatable bonds is 2. The van der Waals surface area contributed by atoms with Crippen LogP contribution in [0.5, 0.6) is 0 Å². The lowest BCUT2D eigenvalue weighted by Gasteiger charge is -2.41. The summed E-state index contributed by atoms with van der Waals surface area (Å²) in [5.74, 6) is 0.398. The summed E-state index contributed by atoms with van der Waals surface area (Å²) < 4.78 is 0. The van der Waals surface area contributed by atoms with E-state index in [1.807, 2.05) is 26.0 Å². The molecule has 1 aliphatic carbocycles. The van der Waals surface area contributed by atoms with Crippen LogP contribution in [0, 0.1) is 36.5 Å². The number of hydrogen-bond donors (Lipinski definition) is 0. The number of hydrogen-bond acceptors (Lipinski definition) is 2. The van der Waals surface area contributed by atoms with Crippen molar-refractivity contribution in [2.45, 2.75) is 33.6 Å². The number of anilines is 1. The van der Waals surface area contributed by atoms with Crippen molar-refractivity contribution in [3.8, 4) is 6.07 Å². The van der Waals surface area contributed by atoms with E-state index in [-0.39, 0.29) is 5.91 Å². The fourth-order valence-electron chi connectivity index (χ4n) is 3.03. The molecule has 0 aromatic heterocycles. The van der Waals surface area contributed by atoms with Gasteiger partial charge in [-0.2, -0.15) is 5.26 Å². The third-order valence-corrected chi connectivity index (χ3v) is 3.92. The molecule has 0 spiro atoms. The van der Waals surface area contributed by atoms with Crippen molar-refractivity contribution in [2.24, 2.45) is 11.3 Å². The van der Waals surface area contributed by atoms with E-state index in [0.717, 1.165) is 16.8 Å². The summed E-state index contributed by atoms with van der Waals surface area (Å²) in [7, 11) is 1.76. The van der Waals surface area contributed by atoms with Gasteiger partial charge < -0.3 is 4.90 Å². The van der Waals surface area contributed by atoms with Crippen LogP contribution in [-0.2, 0) is 4.79 Å². The molecule has 0 bridgehead atoms. The molecule has 1 amide bonds. The zero-order valence-electron chi connectivity index (χ0n) is 12.0. The predicted molar refractivity (Wildman–Crippen MR) is 75.8 cm³/mol. The molecule has 1 aromatic rings. The first-order valence-electron chi connectivity index (χ1n) is 6.66. The normalized spacial score (nSPS) is 25.3. The van der Waals surface area contributed by atoms with Gasteiger partial charge in [0, 0.05) is 12.7 Å². The van der Waals surface area contributed by atoms with Gasteiger partial charge in [-0.1, -0.05) is 13.0 Å². The summed E-state index contributed by atoms with van der Waals surface area (Å²) >= 11 is 0. The standard InChI is InChI=1S/C16H20N2O/c1-11-5-12(2)7-14(6-11)18(4)15(19)16(10-17)8-13(3)9-16/h5-7,13H,8-9H2,1-4H3. The molecule has 3 heteroatoms. The fourth-order valence-corrected chi connectivity index (χ4v) is 3.03. The van der Waals surface area contributed by atoms with Gasteiger partial charge in [0.2, 0.25) is 5.91 Å². The maximum absolute atomic E-state index is 12.6. The zero-order valence-corrected chi connectivity index (χ0v) is 12.0. The van der Waals surface area contributed by atoms with Crippen LogP contribution in [0.25, 0.3) is 0 Å². The first kappa shape index (κ1) is 13.6. The van der Waals surface area contributed by atoms with Crippen molar-refractivity contribution in [1.82, 2.24) is 0 Å². The second-order valence-corrected chi connectivity index (χ2v) is 5.92. The van der Waals surface area contributed by atoms with Gasteiger partial charge in [0.1, 0.15) is 5.41 Å². The number of nitrogens with zero attached hydrogens (tertiary/aromatic N) is 2. The first-order valence-corrected chi connectivity index (χ1v) is 6.66. The number of benzene rings is 1. The lowest BCUT2D eigenvalue weighted by atomic mass is 9.63. The van der Waals surface area contributed by atoms with E-state index in [2.05, 4.69) is 19.1 Å². The molecule has 3 nitrogen and oxygen atoms in total. The van der Waals surface area contributed by atoms with Gasteiger partial charge in [-0.3, -0.25) is 4.79 Å². The lowest BCUT2D eigenvalue weighted by molar-refractivity contribution is -0.130. The van der Waals surface area contributed by atoms with Gasteiger partial charge in [-0.15, -0.1) is 0 Å². The molecule has 0 saturated heterocycles. The first-order chi connectivity index (χ1) is 8.88. The molecule has 100 valence electrons. The van der Waals surface area contributed by atoms with E-state index in [4.69, 9.17) is 0 Å². The Morgan fingerprint density at radius 2 is 1.84 bits per heavy atom. The Bertz CT molecular complexity index is 530. The monoisotopic (exact) mass is 256 g/mol. The molecule has 0 atom stereocenters. The summed E-state index contributed by atoms with van der Waals surface area (Å²) in [5, 5.41) is 9.33. The average Bonchev–Trinajstić information content (AvgIpc) is 2.31. The summed E-state index contributed by atoms with van der Waals surface area (Å²) in [4.78, 5) is 14.2. The molecule has 0 aliphatic heterocycles. The van der Waals surface area contributed by atoms with Crippen LogP contribution in [0.3, 0.4) is 0 Å². The smallest absolute Gasteiger partial charge is 0.247 e. The minimum absolute atomic E-state index is 0.0712. The number of carbonyl (C=O) groups excluding carboxylic acids is 1. The van der Waals surface area contributed by atoms with Crippen LogP contribution in [0.4, 0.5) is 5.69 Å². The Balaban J connectivity index is 2.27. The number of nitriles is 1. The van der Waals surface area contributed by atoms with E-state index in [1.165, 1.54) is 0 Å². The molecule has 19 heavy (non-hydrogen) atoms. The van der Waals surface area contributed by atoms with Crippen molar-refractivity contribution in [3.05, 3.63) is 29.3 Å². The van der Waals surface area contributed by atoms with Crippen molar-refractivity contribution in [3.63, 3.8) is 0 Å². The Labute approximate surface area is 114 Å². The number of carbonyl (C=O) groups is 1. The largest absolute Gasteiger partial charge is 0.314 e. The third-order valence-electron chi connectivity index (χ3n) is 3.92. The topological polar surface area (TPSA) is 44.1 Å². The Morgan fingerprint density at radius 1 is 1.32 bits per heavy atom. The van der Waals surface area contributed by atoms with Gasteiger partial charge in [0.15, 0.2) is 0 Å². The summed E-state index contributed by atoms with van der Waals surface area (Å²) in [6.45, 7) is 6.11. The molecule has 1 aromatic carbocycles. The number of amides is 1. The van der Waals surface area contributed by atoms with E-state index >= 15 is 0 Å². The van der Waals surface area contributed by atoms with Gasteiger partial charge in [-0.25, -0.2) is 0 Å². The van der Waals surface area contributed by atoms with Crippen LogP contribution < -0.4 is 4.90 Å². The van der Waals surface area contributed by atoms with Crippen molar-refractivity contribution in [1.29, 1.82) is 5.26 Å². The summed E-state index contributed by atoms with van der Waals surface area (Å²) in [6.07, 6.45) is 1.36. The molecule has 1 aliphatic rings. The second kappa shape index (κ2) is 4.70. The maximum atomic E-state index is 12.6. The fraction of sp³-hybridized carbons (Fsp3) is 0.500. The SMILES string of the molecule is Cc1cc(C)cc(N(C)C(=O)C2(C#N)CC(C)C2)c1. The molecule has 0 unspecified atom stereocenters. The quantitative estimate of drug-likeness (QED) is 0.815. The molecular weight excluding hydrogens is 236 g/mol. The Kier molecular flexibility index (Phi) is 3.36. The maximum Gasteiger partial charge on any atom is 0.247 e. The highest BCUT2D eigenvalue weighted by molar-refractivity contribution is 5.99. The van der Waals surface area contributed by atoms with Gasteiger partial charge in [0.05, 0.1) is 6.07 Å². The zero-order chi connectivity index (χ0) is 14.2. The van der Waals surface area contributed by atoms with Gasteiger partial charge >= 0.3 is 0 Å². The third kappa shape index (κ3) is 2.35. The highest BCUT2D eigenvalue weighted by atomic mass is 16.2. The number of aryl methyl sites for hydroxylation is 2. The van der Waals surface area contributed by atoms with Gasteiger partial charge in [0.25, 0.3) is 0 Å². The Hall–Kier alpha value is -1.82. The van der Waals surface area contributed by atoms with Crippen molar-refractivity contribution >= 4 is 11.6 Å². The molecule has 0 heterocycles. The van der Waals surface area contributed by atoms with Gasteiger partial charge in [-0.05, 0) is 55.9 Å². The van der Waals surface area contributed by atoms with Crippen LogP contribution in [0.2, 0.25) is 0 Å². The van der Waals surface area contributed by atoms with Crippen LogP contribution in [0.15, 0.2) is 18.2 Å². The highest BCUT2D eigenvalue weighted by Gasteiger charge is 2.50. The lowest BCUT2D eigenvalue weighted by Crippen LogP contribution is -2.49. The van der Waals surface area contributed by atoms with Crippen molar-refractivity contribution < 1.29 is 4.79 Å². The van der Waals surface area contributed by atoms with Crippen molar-refractivity contribution in [2.75, 3.05) is 11.9 Å². The van der Waals surface area contributed by atoms with E-state index < -0.39 is 5.41 Å². The predicted octanol–water partition coefficient (Wildman–Crippen LogP) is 3.21. The van der Waals surface area contributed by atoms with Crippen LogP contribution in [0.1, 0.15) is 30.9 Å². The second-order valence-electron chi connectivity index (χ2n) is 5.92. The minimum Gasteiger partial charge on any atom is -0.314 e. The Morgan fingerprint density at radius 3 is 2.26 bits per heavy atom. The van der Waals surface area contributed by atoms with Crippen LogP contribution in [-0.4, -0.2) is 13.0 Å². The highest BCUT2D eigenvalue weighted by Crippen LogP contribution is 2.46. The summed E-state index contributed by atoms with van der Waals surface area (Å²) in [6, 6.07) is 8.28. The molecular formula is C16H20N2O.